The van der Waals surface area contributed by atoms with E-state index in [2.05, 4.69) is 10.3 Å². The van der Waals surface area contributed by atoms with Crippen LogP contribution >= 0.6 is 0 Å². The predicted molar refractivity (Wildman–Crippen MR) is 67.1 cm³/mol. The molecule has 6 nitrogen and oxygen atoms in total. The Kier molecular flexibility index (Phi) is 3.21. The van der Waals surface area contributed by atoms with Crippen molar-refractivity contribution in [2.45, 2.75) is 12.5 Å². The van der Waals surface area contributed by atoms with Crippen LogP contribution in [0, 0.1) is 0 Å². The second-order valence-electron chi connectivity index (χ2n) is 4.23. The van der Waals surface area contributed by atoms with E-state index in [9.17, 15) is 8.42 Å². The molecule has 1 fully saturated rings. The highest BCUT2D eigenvalue weighted by molar-refractivity contribution is 7.88. The van der Waals surface area contributed by atoms with Gasteiger partial charge < -0.3 is 11.1 Å². The third kappa shape index (κ3) is 3.07. The fourth-order valence-electron chi connectivity index (χ4n) is 1.85. The normalized spacial score (nSPS) is 21.6. The molecule has 2 heterocycles. The van der Waals surface area contributed by atoms with Gasteiger partial charge in [-0.15, -0.1) is 0 Å². The highest BCUT2D eigenvalue weighted by Gasteiger charge is 2.28. The monoisotopic (exact) mass is 256 g/mol. The molecule has 0 saturated carbocycles. The fourth-order valence-corrected chi connectivity index (χ4v) is 2.73. The van der Waals surface area contributed by atoms with Crippen molar-refractivity contribution >= 4 is 21.5 Å². The van der Waals surface area contributed by atoms with Crippen LogP contribution in [0.2, 0.25) is 0 Å². The van der Waals surface area contributed by atoms with Gasteiger partial charge in [-0.2, -0.15) is 0 Å². The highest BCUT2D eigenvalue weighted by Crippen LogP contribution is 2.16. The number of anilines is 2. The Bertz CT molecular complexity index is 486. The predicted octanol–water partition coefficient (Wildman–Crippen LogP) is 0.110. The number of hydrogen-bond acceptors (Lipinski definition) is 5. The Morgan fingerprint density at radius 2 is 2.29 bits per heavy atom. The first-order valence-electron chi connectivity index (χ1n) is 5.38. The van der Waals surface area contributed by atoms with Crippen molar-refractivity contribution < 1.29 is 8.42 Å². The zero-order valence-corrected chi connectivity index (χ0v) is 10.4. The van der Waals surface area contributed by atoms with Gasteiger partial charge in [0.05, 0.1) is 18.1 Å². The third-order valence-electron chi connectivity index (χ3n) is 2.76. The number of aromatic nitrogens is 1. The number of nitrogens with two attached hydrogens (primary N) is 1. The van der Waals surface area contributed by atoms with E-state index in [-0.39, 0.29) is 6.04 Å². The molecule has 1 aromatic rings. The molecule has 0 bridgehead atoms. The summed E-state index contributed by atoms with van der Waals surface area (Å²) in [6.45, 7) is 1.05. The number of nitrogens with one attached hydrogen (secondary N) is 1. The number of sulfonamides is 1. The lowest BCUT2D eigenvalue weighted by Gasteiger charge is -2.15. The van der Waals surface area contributed by atoms with E-state index in [1.165, 1.54) is 10.6 Å². The number of nitrogens with zero attached hydrogens (tertiary/aromatic N) is 2. The first-order chi connectivity index (χ1) is 7.95. The molecule has 1 aliphatic rings. The van der Waals surface area contributed by atoms with Gasteiger partial charge in [-0.25, -0.2) is 17.7 Å². The largest absolute Gasteiger partial charge is 0.397 e. The number of hydrogen-bond donors (Lipinski definition) is 2. The summed E-state index contributed by atoms with van der Waals surface area (Å²) in [5.74, 6) is 0.722. The summed E-state index contributed by atoms with van der Waals surface area (Å²) in [4.78, 5) is 4.12. The van der Waals surface area contributed by atoms with Crippen LogP contribution in [0.15, 0.2) is 18.3 Å². The van der Waals surface area contributed by atoms with Gasteiger partial charge in [0.1, 0.15) is 5.82 Å². The summed E-state index contributed by atoms with van der Waals surface area (Å²) < 4.78 is 24.2. The number of pyridine rings is 1. The molecule has 0 amide bonds. The van der Waals surface area contributed by atoms with Crippen molar-refractivity contribution in [2.75, 3.05) is 30.4 Å². The van der Waals surface area contributed by atoms with Gasteiger partial charge in [0.25, 0.3) is 0 Å². The molecule has 0 aromatic carbocycles. The molecule has 1 atom stereocenters. The Balaban J connectivity index is 1.96. The second-order valence-corrected chi connectivity index (χ2v) is 6.21. The van der Waals surface area contributed by atoms with Crippen LogP contribution < -0.4 is 11.1 Å². The lowest BCUT2D eigenvalue weighted by Crippen LogP contribution is -2.30. The zero-order valence-electron chi connectivity index (χ0n) is 9.63. The first-order valence-corrected chi connectivity index (χ1v) is 7.23. The first kappa shape index (κ1) is 12.1. The van der Waals surface area contributed by atoms with E-state index in [0.717, 1.165) is 12.2 Å². The average molecular weight is 256 g/mol. The van der Waals surface area contributed by atoms with Gasteiger partial charge in [0, 0.05) is 19.1 Å². The number of rotatable bonds is 3. The van der Waals surface area contributed by atoms with Crippen molar-refractivity contribution in [3.63, 3.8) is 0 Å². The molecule has 2 rings (SSSR count). The maximum absolute atomic E-state index is 11.3. The topological polar surface area (TPSA) is 88.3 Å². The summed E-state index contributed by atoms with van der Waals surface area (Å²) in [6.07, 6.45) is 3.60. The summed E-state index contributed by atoms with van der Waals surface area (Å²) in [5.41, 5.74) is 6.15. The maximum Gasteiger partial charge on any atom is 0.211 e. The van der Waals surface area contributed by atoms with E-state index in [4.69, 9.17) is 5.73 Å². The molecule has 0 radical (unpaired) electrons. The van der Waals surface area contributed by atoms with Crippen molar-refractivity contribution in [2.24, 2.45) is 0 Å². The minimum absolute atomic E-state index is 0.112. The van der Waals surface area contributed by atoms with E-state index in [1.807, 2.05) is 0 Å². The van der Waals surface area contributed by atoms with Gasteiger partial charge in [0.2, 0.25) is 10.0 Å². The molecule has 3 N–H and O–H groups in total. The standard InChI is InChI=1S/C10H16N4O2S/c1-17(15,16)14-5-4-9(7-14)13-10-3-2-8(11)6-12-10/h2-3,6,9H,4-5,7,11H2,1H3,(H,12,13)/t9-/m0/s1. The van der Waals surface area contributed by atoms with E-state index in [0.29, 0.717) is 18.8 Å². The summed E-state index contributed by atoms with van der Waals surface area (Å²) in [5, 5.41) is 3.20. The van der Waals surface area contributed by atoms with Crippen LogP contribution in [-0.2, 0) is 10.0 Å². The van der Waals surface area contributed by atoms with Crippen molar-refractivity contribution in [3.05, 3.63) is 18.3 Å². The van der Waals surface area contributed by atoms with Crippen LogP contribution in [0.1, 0.15) is 6.42 Å². The molecular formula is C10H16N4O2S. The van der Waals surface area contributed by atoms with Gasteiger partial charge in [0.15, 0.2) is 0 Å². The lowest BCUT2D eigenvalue weighted by molar-refractivity contribution is 0.480. The number of nitrogen functional groups attached to an aromatic ring is 1. The van der Waals surface area contributed by atoms with Gasteiger partial charge >= 0.3 is 0 Å². The van der Waals surface area contributed by atoms with Crippen molar-refractivity contribution in [1.29, 1.82) is 0 Å². The quantitative estimate of drug-likeness (QED) is 0.801. The van der Waals surface area contributed by atoms with Crippen LogP contribution in [0.4, 0.5) is 11.5 Å². The van der Waals surface area contributed by atoms with Crippen LogP contribution in [0.5, 0.6) is 0 Å². The van der Waals surface area contributed by atoms with Crippen molar-refractivity contribution in [1.82, 2.24) is 9.29 Å². The van der Waals surface area contributed by atoms with Gasteiger partial charge in [-0.3, -0.25) is 0 Å². The van der Waals surface area contributed by atoms with Crippen LogP contribution in [-0.4, -0.2) is 43.1 Å². The molecule has 1 saturated heterocycles. The Morgan fingerprint density at radius 3 is 2.82 bits per heavy atom. The molecule has 7 heteroatoms. The average Bonchev–Trinajstić information content (AvgIpc) is 2.69. The Morgan fingerprint density at radius 1 is 1.53 bits per heavy atom. The Hall–Kier alpha value is -1.34. The second kappa shape index (κ2) is 4.50. The molecule has 0 unspecified atom stereocenters. The van der Waals surface area contributed by atoms with E-state index >= 15 is 0 Å². The zero-order chi connectivity index (χ0) is 12.5. The minimum atomic E-state index is -3.08. The SMILES string of the molecule is CS(=O)(=O)N1CC[C@H](Nc2ccc(N)cn2)C1. The van der Waals surface area contributed by atoms with Crippen molar-refractivity contribution in [3.8, 4) is 0 Å². The van der Waals surface area contributed by atoms with E-state index in [1.54, 1.807) is 18.3 Å². The third-order valence-corrected chi connectivity index (χ3v) is 4.03. The Labute approximate surface area is 101 Å². The summed E-state index contributed by atoms with van der Waals surface area (Å²) in [7, 11) is -3.08. The summed E-state index contributed by atoms with van der Waals surface area (Å²) >= 11 is 0. The molecule has 94 valence electrons. The van der Waals surface area contributed by atoms with Gasteiger partial charge in [-0.1, -0.05) is 0 Å². The van der Waals surface area contributed by atoms with Crippen LogP contribution in [0.25, 0.3) is 0 Å². The smallest absolute Gasteiger partial charge is 0.211 e. The minimum Gasteiger partial charge on any atom is -0.397 e. The summed E-state index contributed by atoms with van der Waals surface area (Å²) in [6, 6.07) is 3.66. The lowest BCUT2D eigenvalue weighted by atomic mass is 10.2. The molecule has 0 spiro atoms. The molecule has 0 aliphatic carbocycles. The fraction of sp³-hybridized carbons (Fsp3) is 0.500. The van der Waals surface area contributed by atoms with Gasteiger partial charge in [-0.05, 0) is 18.6 Å². The highest BCUT2D eigenvalue weighted by atomic mass is 32.2. The maximum atomic E-state index is 11.3. The van der Waals surface area contributed by atoms with Crippen LogP contribution in [0.3, 0.4) is 0 Å². The molecular weight excluding hydrogens is 240 g/mol. The molecule has 1 aromatic heterocycles. The molecule has 17 heavy (non-hydrogen) atoms. The van der Waals surface area contributed by atoms with E-state index < -0.39 is 10.0 Å². The molecule has 1 aliphatic heterocycles.